The zero-order chi connectivity index (χ0) is 6.57. The number of aliphatic hydroxyl groups excluding tert-OH is 2. The molecule has 46 valence electrons. The zero-order valence-corrected chi connectivity index (χ0v) is 4.83. The maximum atomic E-state index is 8.63. The number of rotatable bonds is 2. The van der Waals surface area contributed by atoms with Crippen molar-refractivity contribution in [3.8, 4) is 12.3 Å². The molecule has 0 heterocycles. The van der Waals surface area contributed by atoms with E-state index in [2.05, 4.69) is 5.92 Å². The number of terminal acetylenes is 1. The normalized spacial score (nSPS) is 16.8. The fourth-order valence-corrected chi connectivity index (χ4v) is 0.391. The Morgan fingerprint density at radius 1 is 1.62 bits per heavy atom. The molecule has 0 rings (SSSR count). The molecule has 0 bridgehead atoms. The quantitative estimate of drug-likeness (QED) is 0.486. The van der Waals surface area contributed by atoms with Crippen LogP contribution in [-0.4, -0.2) is 22.4 Å². The van der Waals surface area contributed by atoms with Crippen LogP contribution in [0.4, 0.5) is 0 Å². The lowest BCUT2D eigenvalue weighted by atomic mass is 10.2. The van der Waals surface area contributed by atoms with Crippen molar-refractivity contribution in [1.29, 1.82) is 0 Å². The molecule has 0 radical (unpaired) electrons. The summed E-state index contributed by atoms with van der Waals surface area (Å²) in [6, 6.07) is 0. The van der Waals surface area contributed by atoms with Crippen molar-refractivity contribution in [1.82, 2.24) is 0 Å². The van der Waals surface area contributed by atoms with Gasteiger partial charge in [0.15, 0.2) is 0 Å². The molecule has 0 fully saturated rings. The van der Waals surface area contributed by atoms with Crippen molar-refractivity contribution in [3.63, 3.8) is 0 Å². The second kappa shape index (κ2) is 3.48. The highest BCUT2D eigenvalue weighted by atomic mass is 16.3. The molecule has 2 nitrogen and oxygen atoms in total. The molecule has 2 heteroatoms. The monoisotopic (exact) mass is 114 g/mol. The predicted molar refractivity (Wildman–Crippen MR) is 31.1 cm³/mol. The third-order valence-corrected chi connectivity index (χ3v) is 0.757. The zero-order valence-electron chi connectivity index (χ0n) is 4.83. The van der Waals surface area contributed by atoms with E-state index >= 15 is 0 Å². The average molecular weight is 114 g/mol. The summed E-state index contributed by atoms with van der Waals surface area (Å²) in [5, 5.41) is 17.2. The summed E-state index contributed by atoms with van der Waals surface area (Å²) >= 11 is 0. The summed E-state index contributed by atoms with van der Waals surface area (Å²) in [6.45, 7) is 1.58. The first-order valence-corrected chi connectivity index (χ1v) is 2.49. The highest BCUT2D eigenvalue weighted by molar-refractivity contribution is 4.93. The Balaban J connectivity index is 3.28. The summed E-state index contributed by atoms with van der Waals surface area (Å²) in [5.41, 5.74) is 0. The van der Waals surface area contributed by atoms with Crippen LogP contribution in [0.2, 0.25) is 0 Å². The highest BCUT2D eigenvalue weighted by Gasteiger charge is 2.01. The van der Waals surface area contributed by atoms with Gasteiger partial charge >= 0.3 is 0 Å². The van der Waals surface area contributed by atoms with Crippen LogP contribution in [0.5, 0.6) is 0 Å². The molecular formula is C6H10O2. The van der Waals surface area contributed by atoms with Crippen LogP contribution in [0, 0.1) is 12.3 Å². The molecular weight excluding hydrogens is 104 g/mol. The Morgan fingerprint density at radius 3 is 2.25 bits per heavy atom. The molecule has 0 aromatic carbocycles. The Morgan fingerprint density at radius 2 is 2.12 bits per heavy atom. The summed E-state index contributed by atoms with van der Waals surface area (Å²) in [5.74, 6) is 2.09. The van der Waals surface area contributed by atoms with Gasteiger partial charge in [-0.2, -0.15) is 0 Å². The van der Waals surface area contributed by atoms with Crippen LogP contribution in [0.3, 0.4) is 0 Å². The van der Waals surface area contributed by atoms with Crippen molar-refractivity contribution < 1.29 is 10.2 Å². The van der Waals surface area contributed by atoms with Gasteiger partial charge in [-0.1, -0.05) is 5.92 Å². The first-order valence-electron chi connectivity index (χ1n) is 2.49. The molecule has 0 aliphatic rings. The second-order valence-corrected chi connectivity index (χ2v) is 1.77. The van der Waals surface area contributed by atoms with Crippen LogP contribution < -0.4 is 0 Å². The van der Waals surface area contributed by atoms with Gasteiger partial charge in [0, 0.05) is 6.42 Å². The first kappa shape index (κ1) is 7.48. The summed E-state index contributed by atoms with van der Waals surface area (Å²) in [7, 11) is 0. The van der Waals surface area contributed by atoms with E-state index < -0.39 is 12.2 Å². The minimum absolute atomic E-state index is 0.260. The number of hydrogen-bond acceptors (Lipinski definition) is 2. The van der Waals surface area contributed by atoms with Gasteiger partial charge in [0.05, 0.1) is 6.10 Å². The van der Waals surface area contributed by atoms with Crippen LogP contribution in [0.1, 0.15) is 13.3 Å². The molecule has 0 spiro atoms. The summed E-state index contributed by atoms with van der Waals surface area (Å²) in [6.07, 6.45) is 3.76. The lowest BCUT2D eigenvalue weighted by Crippen LogP contribution is -2.11. The fraction of sp³-hybridized carbons (Fsp3) is 0.667. The van der Waals surface area contributed by atoms with Gasteiger partial charge < -0.3 is 10.2 Å². The van der Waals surface area contributed by atoms with Crippen molar-refractivity contribution in [2.75, 3.05) is 0 Å². The van der Waals surface area contributed by atoms with Crippen molar-refractivity contribution in [2.45, 2.75) is 25.6 Å². The van der Waals surface area contributed by atoms with Crippen LogP contribution in [-0.2, 0) is 0 Å². The molecule has 0 aromatic heterocycles. The molecule has 0 saturated heterocycles. The summed E-state index contributed by atoms with van der Waals surface area (Å²) in [4.78, 5) is 0. The fourth-order valence-electron chi connectivity index (χ4n) is 0.391. The van der Waals surface area contributed by atoms with Gasteiger partial charge in [-0.15, -0.1) is 6.42 Å². The smallest absolute Gasteiger partial charge is 0.116 e. The van der Waals surface area contributed by atoms with E-state index in [-0.39, 0.29) is 6.42 Å². The SMILES string of the molecule is C#CC(O)CC(C)O. The topological polar surface area (TPSA) is 40.5 Å². The number of hydrogen-bond donors (Lipinski definition) is 2. The predicted octanol–water partition coefficient (Wildman–Crippen LogP) is -0.249. The van der Waals surface area contributed by atoms with Crippen molar-refractivity contribution in [2.24, 2.45) is 0 Å². The summed E-state index contributed by atoms with van der Waals surface area (Å²) < 4.78 is 0. The van der Waals surface area contributed by atoms with Crippen LogP contribution >= 0.6 is 0 Å². The van der Waals surface area contributed by atoms with E-state index in [1.165, 1.54) is 0 Å². The third-order valence-electron chi connectivity index (χ3n) is 0.757. The molecule has 0 aliphatic carbocycles. The van der Waals surface area contributed by atoms with Crippen LogP contribution in [0.25, 0.3) is 0 Å². The van der Waals surface area contributed by atoms with Gasteiger partial charge in [0.2, 0.25) is 0 Å². The van der Waals surface area contributed by atoms with Gasteiger partial charge in [-0.3, -0.25) is 0 Å². The van der Waals surface area contributed by atoms with E-state index in [9.17, 15) is 0 Å². The lowest BCUT2D eigenvalue weighted by Gasteiger charge is -2.03. The largest absolute Gasteiger partial charge is 0.393 e. The Labute approximate surface area is 49.2 Å². The van der Waals surface area contributed by atoms with Gasteiger partial charge in [0.1, 0.15) is 6.10 Å². The molecule has 2 unspecified atom stereocenters. The maximum absolute atomic E-state index is 8.63. The standard InChI is InChI=1S/C6H10O2/c1-3-6(8)4-5(2)7/h1,5-8H,4H2,2H3. The van der Waals surface area contributed by atoms with Crippen LogP contribution in [0.15, 0.2) is 0 Å². The molecule has 8 heavy (non-hydrogen) atoms. The van der Waals surface area contributed by atoms with E-state index in [1.807, 2.05) is 0 Å². The minimum Gasteiger partial charge on any atom is -0.393 e. The molecule has 2 atom stereocenters. The highest BCUT2D eigenvalue weighted by Crippen LogP contribution is 1.93. The maximum Gasteiger partial charge on any atom is 0.116 e. The number of aliphatic hydroxyl groups is 2. The molecule has 0 saturated carbocycles. The first-order chi connectivity index (χ1) is 3.66. The third kappa shape index (κ3) is 3.66. The van der Waals surface area contributed by atoms with Crippen molar-refractivity contribution in [3.05, 3.63) is 0 Å². The Kier molecular flexibility index (Phi) is 3.25. The second-order valence-electron chi connectivity index (χ2n) is 1.77. The van der Waals surface area contributed by atoms with Crippen molar-refractivity contribution >= 4 is 0 Å². The van der Waals surface area contributed by atoms with E-state index in [0.717, 1.165) is 0 Å². The van der Waals surface area contributed by atoms with Gasteiger partial charge in [-0.05, 0) is 6.92 Å². The molecule has 0 amide bonds. The molecule has 0 aromatic rings. The van der Waals surface area contributed by atoms with Gasteiger partial charge in [-0.25, -0.2) is 0 Å². The van der Waals surface area contributed by atoms with E-state index in [0.29, 0.717) is 0 Å². The van der Waals surface area contributed by atoms with E-state index in [4.69, 9.17) is 16.6 Å². The lowest BCUT2D eigenvalue weighted by molar-refractivity contribution is 0.121. The van der Waals surface area contributed by atoms with Gasteiger partial charge in [0.25, 0.3) is 0 Å². The van der Waals surface area contributed by atoms with E-state index in [1.54, 1.807) is 6.92 Å². The average Bonchev–Trinajstić information content (AvgIpc) is 1.65. The molecule has 2 N–H and O–H groups in total. The molecule has 0 aliphatic heterocycles. The Hall–Kier alpha value is -0.520. The Bertz CT molecular complexity index is 91.2. The minimum atomic E-state index is -0.796.